The van der Waals surface area contributed by atoms with Crippen molar-refractivity contribution in [3.63, 3.8) is 0 Å². The lowest BCUT2D eigenvalue weighted by Crippen LogP contribution is -2.35. The quantitative estimate of drug-likeness (QED) is 0.824. The molecule has 3 nitrogen and oxygen atoms in total. The molecule has 0 amide bonds. The summed E-state index contributed by atoms with van der Waals surface area (Å²) in [5, 5.41) is 8.69. The fourth-order valence-corrected chi connectivity index (χ4v) is 5.51. The van der Waals surface area contributed by atoms with Gasteiger partial charge in [0, 0.05) is 4.47 Å². The van der Waals surface area contributed by atoms with Gasteiger partial charge < -0.3 is 0 Å². The fourth-order valence-electron chi connectivity index (χ4n) is 2.89. The fraction of sp³-hybridized carbons (Fsp3) is 0.533. The van der Waals surface area contributed by atoms with E-state index < -0.39 is 15.1 Å². The molecule has 0 saturated heterocycles. The average Bonchev–Trinajstić information content (AvgIpc) is 2.46. The van der Waals surface area contributed by atoms with Crippen molar-refractivity contribution in [1.82, 2.24) is 0 Å². The lowest BCUT2D eigenvalue weighted by molar-refractivity contribution is 0.308. The van der Waals surface area contributed by atoms with Gasteiger partial charge >= 0.3 is 0 Å². The molecule has 0 N–H and O–H groups in total. The van der Waals surface area contributed by atoms with E-state index >= 15 is 0 Å². The van der Waals surface area contributed by atoms with Gasteiger partial charge in [-0.3, -0.25) is 0 Å². The lowest BCUT2D eigenvalue weighted by Gasteiger charge is -2.31. The number of nitriles is 1. The van der Waals surface area contributed by atoms with Crippen LogP contribution in [0.3, 0.4) is 0 Å². The zero-order chi connectivity index (χ0) is 14.8. The van der Waals surface area contributed by atoms with E-state index in [0.29, 0.717) is 23.7 Å². The summed E-state index contributed by atoms with van der Waals surface area (Å²) in [5.41, 5.74) is 0. The highest BCUT2D eigenvalue weighted by atomic mass is 79.9. The van der Waals surface area contributed by atoms with E-state index in [1.807, 2.05) is 0 Å². The Morgan fingerprint density at radius 2 is 2.15 bits per heavy atom. The Hall–Kier alpha value is -0.860. The van der Waals surface area contributed by atoms with Crippen molar-refractivity contribution >= 4 is 25.8 Å². The molecule has 0 bridgehead atoms. The van der Waals surface area contributed by atoms with Crippen molar-refractivity contribution in [1.29, 1.82) is 5.26 Å². The molecule has 20 heavy (non-hydrogen) atoms. The maximum Gasteiger partial charge on any atom is 0.182 e. The van der Waals surface area contributed by atoms with Gasteiger partial charge in [-0.15, -0.1) is 0 Å². The Kier molecular flexibility index (Phi) is 4.87. The summed E-state index contributed by atoms with van der Waals surface area (Å²) in [6, 6.07) is 8.96. The smallest absolute Gasteiger partial charge is 0.182 e. The largest absolute Gasteiger partial charge is 0.223 e. The number of rotatable bonds is 3. The van der Waals surface area contributed by atoms with Gasteiger partial charge in [-0.05, 0) is 43.4 Å². The van der Waals surface area contributed by atoms with Crippen molar-refractivity contribution in [2.75, 3.05) is 0 Å². The summed E-state index contributed by atoms with van der Waals surface area (Å²) >= 11 is 3.31. The molecule has 5 heteroatoms. The maximum atomic E-state index is 12.8. The van der Waals surface area contributed by atoms with Crippen LogP contribution in [0.15, 0.2) is 33.6 Å². The Balaban J connectivity index is 2.38. The zero-order valence-electron chi connectivity index (χ0n) is 11.4. The topological polar surface area (TPSA) is 57.9 Å². The SMILES string of the molecule is CCC1CCC(C#N)C(S(=O)(=O)c2cccc(Br)c2)C1. The molecule has 108 valence electrons. The van der Waals surface area contributed by atoms with Crippen LogP contribution in [0.1, 0.15) is 32.6 Å². The van der Waals surface area contributed by atoms with E-state index in [9.17, 15) is 13.7 Å². The van der Waals surface area contributed by atoms with Gasteiger partial charge in [0.2, 0.25) is 0 Å². The first-order valence-corrected chi connectivity index (χ1v) is 9.22. The third kappa shape index (κ3) is 3.07. The minimum absolute atomic E-state index is 0.314. The van der Waals surface area contributed by atoms with Gasteiger partial charge in [0.25, 0.3) is 0 Å². The molecule has 0 aromatic heterocycles. The standard InChI is InChI=1S/C15H18BrNO2S/c1-2-11-6-7-12(10-17)15(8-11)20(18,19)14-5-3-4-13(16)9-14/h3-5,9,11-12,15H,2,6-8H2,1H3. The van der Waals surface area contributed by atoms with Gasteiger partial charge in [0.15, 0.2) is 9.84 Å². The number of halogens is 1. The highest BCUT2D eigenvalue weighted by molar-refractivity contribution is 9.10. The van der Waals surface area contributed by atoms with Gasteiger partial charge in [-0.2, -0.15) is 5.26 Å². The van der Waals surface area contributed by atoms with Crippen molar-refractivity contribution in [2.24, 2.45) is 11.8 Å². The number of hydrogen-bond acceptors (Lipinski definition) is 3. The van der Waals surface area contributed by atoms with Crippen LogP contribution in [0.2, 0.25) is 0 Å². The number of hydrogen-bond donors (Lipinski definition) is 0. The third-order valence-corrected chi connectivity index (χ3v) is 6.89. The number of benzene rings is 1. The van der Waals surface area contributed by atoms with E-state index in [4.69, 9.17) is 0 Å². The Labute approximate surface area is 129 Å². The van der Waals surface area contributed by atoms with Crippen LogP contribution in [-0.2, 0) is 9.84 Å². The third-order valence-electron chi connectivity index (χ3n) is 4.17. The first-order chi connectivity index (χ1) is 9.48. The van der Waals surface area contributed by atoms with Crippen LogP contribution >= 0.6 is 15.9 Å². The van der Waals surface area contributed by atoms with Crippen molar-refractivity contribution in [3.05, 3.63) is 28.7 Å². The highest BCUT2D eigenvalue weighted by Crippen LogP contribution is 2.37. The van der Waals surface area contributed by atoms with Crippen LogP contribution in [0, 0.1) is 23.2 Å². The molecular formula is C15H18BrNO2S. The normalized spacial score (nSPS) is 26.9. The summed E-state index contributed by atoms with van der Waals surface area (Å²) in [7, 11) is -3.44. The summed E-state index contributed by atoms with van der Waals surface area (Å²) in [6.45, 7) is 2.08. The predicted molar refractivity (Wildman–Crippen MR) is 81.9 cm³/mol. The van der Waals surface area contributed by atoms with Crippen LogP contribution in [0.4, 0.5) is 0 Å². The highest BCUT2D eigenvalue weighted by Gasteiger charge is 2.39. The monoisotopic (exact) mass is 355 g/mol. The van der Waals surface area contributed by atoms with Crippen molar-refractivity contribution < 1.29 is 8.42 Å². The summed E-state index contributed by atoms with van der Waals surface area (Å²) < 4.78 is 26.3. The van der Waals surface area contributed by atoms with Crippen molar-refractivity contribution in [2.45, 2.75) is 42.8 Å². The van der Waals surface area contributed by atoms with E-state index in [-0.39, 0.29) is 5.92 Å². The van der Waals surface area contributed by atoms with Gasteiger partial charge in [-0.25, -0.2) is 8.42 Å². The van der Waals surface area contributed by atoms with Crippen LogP contribution in [0.25, 0.3) is 0 Å². The second-order valence-electron chi connectivity index (χ2n) is 5.36. The van der Waals surface area contributed by atoms with Gasteiger partial charge in [-0.1, -0.05) is 35.3 Å². The summed E-state index contributed by atoms with van der Waals surface area (Å²) in [4.78, 5) is 0.314. The molecule has 0 aliphatic heterocycles. The molecule has 1 saturated carbocycles. The molecular weight excluding hydrogens is 338 g/mol. The average molecular weight is 356 g/mol. The minimum Gasteiger partial charge on any atom is -0.223 e. The lowest BCUT2D eigenvalue weighted by atomic mass is 9.81. The predicted octanol–water partition coefficient (Wildman–Crippen LogP) is 3.94. The first-order valence-electron chi connectivity index (χ1n) is 6.88. The molecule has 0 radical (unpaired) electrons. The molecule has 2 rings (SSSR count). The van der Waals surface area contributed by atoms with E-state index in [0.717, 1.165) is 17.3 Å². The molecule has 0 heterocycles. The summed E-state index contributed by atoms with van der Waals surface area (Å²) in [6.07, 6.45) is 3.22. The van der Waals surface area contributed by atoms with Crippen LogP contribution in [-0.4, -0.2) is 13.7 Å². The maximum absolute atomic E-state index is 12.8. The molecule has 0 spiro atoms. The van der Waals surface area contributed by atoms with E-state index in [1.165, 1.54) is 0 Å². The minimum atomic E-state index is -3.44. The molecule has 1 fully saturated rings. The number of sulfone groups is 1. The molecule has 3 atom stereocenters. The first kappa shape index (κ1) is 15.5. The van der Waals surface area contributed by atoms with Gasteiger partial charge in [0.1, 0.15) is 0 Å². The van der Waals surface area contributed by atoms with Gasteiger partial charge in [0.05, 0.1) is 22.1 Å². The Morgan fingerprint density at radius 3 is 2.75 bits per heavy atom. The Morgan fingerprint density at radius 1 is 1.40 bits per heavy atom. The molecule has 1 aliphatic rings. The second kappa shape index (κ2) is 6.28. The van der Waals surface area contributed by atoms with Crippen molar-refractivity contribution in [3.8, 4) is 6.07 Å². The van der Waals surface area contributed by atoms with Crippen LogP contribution in [0.5, 0.6) is 0 Å². The summed E-state index contributed by atoms with van der Waals surface area (Å²) in [5.74, 6) is 0.0216. The molecule has 1 aliphatic carbocycles. The number of nitrogens with zero attached hydrogens (tertiary/aromatic N) is 1. The van der Waals surface area contributed by atoms with E-state index in [1.54, 1.807) is 24.3 Å². The second-order valence-corrected chi connectivity index (χ2v) is 8.45. The van der Waals surface area contributed by atoms with Crippen LogP contribution < -0.4 is 0 Å². The molecule has 1 aromatic rings. The Bertz CT molecular complexity index is 621. The van der Waals surface area contributed by atoms with E-state index in [2.05, 4.69) is 28.9 Å². The zero-order valence-corrected chi connectivity index (χ0v) is 13.8. The molecule has 3 unspecified atom stereocenters. The molecule has 1 aromatic carbocycles.